The predicted molar refractivity (Wildman–Crippen MR) is 362 cm³/mol. The molecule has 0 fully saturated rings. The lowest BCUT2D eigenvalue weighted by Crippen LogP contribution is -2.25. The fourth-order valence-corrected chi connectivity index (χ4v) is 4.65. The molecule has 3 rings (SSSR count). The summed E-state index contributed by atoms with van der Waals surface area (Å²) >= 11 is 12.6. The van der Waals surface area contributed by atoms with Crippen LogP contribution in [0.15, 0.2) is 66.7 Å². The van der Waals surface area contributed by atoms with Crippen molar-refractivity contribution < 1.29 is 72.2 Å². The Morgan fingerprint density at radius 1 is 0.324 bits per heavy atom. The standard InChI is InChI=1S/C64H16Cl2O2.44H2/c1-4-6-8-10-12-14-16-18-20-22-24-26-28-30-32-34-36-38-40-42-52-67-62-54-59(64(3,57-44-48-60(65)49-45-57)58-46-50-61(66)51-47-58)55-63(56-62)68-53-43-41-39-37-35-33-31-29-27-25-23-21-19-17-15-13-11-9-7-5-2;;;;;;;;;;;;;;;;;;;;;;;;;;;;;;;;;;;;;;;;;;;;/h1-2,44-51,54-56H,3H3;44*1H. The van der Waals surface area contributed by atoms with Crippen LogP contribution in [0.2, 0.25) is 10.0 Å². The fraction of sp³-hybridized carbons (Fsp3) is 0.0312. The van der Waals surface area contributed by atoms with Crippen molar-refractivity contribution in [3.05, 3.63) is 93.5 Å². The van der Waals surface area contributed by atoms with Crippen molar-refractivity contribution in [1.82, 2.24) is 0 Å². The molecule has 0 aliphatic rings. The molecule has 0 bridgehead atoms. The molecule has 3 aromatic carbocycles. The zero-order valence-corrected chi connectivity index (χ0v) is 36.6. The summed E-state index contributed by atoms with van der Waals surface area (Å²) in [4.78, 5) is 0. The minimum Gasteiger partial charge on any atom is -0.407 e. The van der Waals surface area contributed by atoms with Gasteiger partial charge in [-0.3, -0.25) is 0 Å². The molecule has 4 heteroatoms. The summed E-state index contributed by atoms with van der Waals surface area (Å²) in [6.07, 6.45) is 15.1. The predicted octanol–water partition coefficient (Wildman–Crippen LogP) is 17.2. The van der Waals surface area contributed by atoms with E-state index < -0.39 is 5.41 Å². The van der Waals surface area contributed by atoms with Crippen LogP contribution in [0.25, 0.3) is 0 Å². The minimum absolute atomic E-state index is 0. The van der Waals surface area contributed by atoms with E-state index in [0.29, 0.717) is 21.5 Å². The summed E-state index contributed by atoms with van der Waals surface area (Å²) < 4.78 is 11.6. The van der Waals surface area contributed by atoms with Crippen LogP contribution in [0.1, 0.15) is 86.4 Å². The summed E-state index contributed by atoms with van der Waals surface area (Å²) in [6, 6.07) is 20.3. The highest BCUT2D eigenvalue weighted by Crippen LogP contribution is 2.42. The molecule has 3 aromatic rings. The summed E-state index contributed by atoms with van der Waals surface area (Å²) in [5.41, 5.74) is 1.86. The number of terminal acetylenes is 2. The van der Waals surface area contributed by atoms with Gasteiger partial charge in [-0.05, 0) is 155 Å². The summed E-state index contributed by atoms with van der Waals surface area (Å²) in [5, 5.41) is 1.17. The van der Waals surface area contributed by atoms with Gasteiger partial charge in [0.15, 0.2) is 0 Å². The molecule has 0 aromatic heterocycles. The topological polar surface area (TPSA) is 18.5 Å². The summed E-state index contributed by atoms with van der Waals surface area (Å²) in [7, 11) is 0. The van der Waals surface area contributed by atoms with Crippen LogP contribution in [0, 0.1) is 262 Å². The van der Waals surface area contributed by atoms with Crippen LogP contribution in [0.4, 0.5) is 0 Å². The van der Waals surface area contributed by atoms with Crippen LogP contribution in [-0.2, 0) is 5.41 Å². The second-order valence-electron chi connectivity index (χ2n) is 11.3. The second-order valence-corrected chi connectivity index (χ2v) is 12.2. The zero-order chi connectivity index (χ0) is 48.4. The van der Waals surface area contributed by atoms with Gasteiger partial charge < -0.3 is 9.47 Å². The van der Waals surface area contributed by atoms with Crippen LogP contribution in [0.5, 0.6) is 11.5 Å². The van der Waals surface area contributed by atoms with Crippen molar-refractivity contribution in [3.8, 4) is 273 Å². The van der Waals surface area contributed by atoms with Crippen molar-refractivity contribution in [2.24, 2.45) is 0 Å². The molecular weight excluding hydrogens is 872 g/mol. The third kappa shape index (κ3) is 21.6. The van der Waals surface area contributed by atoms with Crippen molar-refractivity contribution in [1.29, 1.82) is 0 Å². The van der Waals surface area contributed by atoms with Gasteiger partial charge >= 0.3 is 0 Å². The number of hydrogen-bond acceptors (Lipinski definition) is 2. The number of ether oxygens (including phenoxy) is 2. The van der Waals surface area contributed by atoms with Gasteiger partial charge in [-0.1, -0.05) is 47.5 Å². The molecule has 0 radical (unpaired) electrons. The smallest absolute Gasteiger partial charge is 0.144 e. The first-order valence-electron chi connectivity index (χ1n) is 18.4. The molecule has 0 saturated heterocycles. The summed E-state index contributed by atoms with van der Waals surface area (Å²) in [5.74, 6) is 100. The molecule has 0 N–H and O–H groups in total. The van der Waals surface area contributed by atoms with Gasteiger partial charge in [0.25, 0.3) is 0 Å². The Labute approximate surface area is 474 Å². The Morgan fingerprint density at radius 2 is 0.544 bits per heavy atom. The van der Waals surface area contributed by atoms with Gasteiger partial charge in [0.05, 0.1) is 0 Å². The molecule has 0 aliphatic carbocycles. The van der Waals surface area contributed by atoms with Crippen LogP contribution in [-0.4, -0.2) is 0 Å². The molecule has 0 amide bonds. The molecule has 68 heavy (non-hydrogen) atoms. The van der Waals surface area contributed by atoms with Crippen LogP contribution in [0.3, 0.4) is 0 Å². The molecule has 2 nitrogen and oxygen atoms in total. The molecular formula is C64H104Cl2O2. The molecule has 0 atom stereocenters. The number of benzene rings is 3. The normalized spacial score (nSPS) is 6.72. The second kappa shape index (κ2) is 32.9. The van der Waals surface area contributed by atoms with Gasteiger partial charge in [-0.15, -0.1) is 12.8 Å². The molecule has 0 saturated carbocycles. The van der Waals surface area contributed by atoms with Crippen LogP contribution < -0.4 is 9.47 Å². The quantitative estimate of drug-likeness (QED) is 0.187. The van der Waals surface area contributed by atoms with E-state index in [9.17, 15) is 0 Å². The lowest BCUT2D eigenvalue weighted by atomic mass is 9.71. The lowest BCUT2D eigenvalue weighted by molar-refractivity contribution is 0.491. The largest absolute Gasteiger partial charge is 0.407 e. The molecule has 0 unspecified atom stereocenters. The minimum atomic E-state index is -0.758. The number of hydrogen-bond donors (Lipinski definition) is 0. The Kier molecular flexibility index (Phi) is 24.4. The highest BCUT2D eigenvalue weighted by molar-refractivity contribution is 6.30. The monoisotopic (exact) mass is 975 g/mol. The third-order valence-electron chi connectivity index (χ3n) is 7.13. The Balaban J connectivity index is -0.0000000278. The first-order valence-corrected chi connectivity index (χ1v) is 19.2. The van der Waals surface area contributed by atoms with E-state index in [-0.39, 0.29) is 62.8 Å². The first kappa shape index (κ1) is 50.5. The SMILES string of the molecule is C#CC#CC#CC#CC#CC#CC#CC#CC#CC#CC#COc1cc(OC#CC#CC#CC#CC#CC#CC#CC#CC#CC#CC#C)cc(C(C)(c2ccc(Cl)cc2)c2ccc(Cl)cc2)c1.[HH].[HH].[HH].[HH].[HH].[HH].[HH].[HH].[HH].[HH].[HH].[HH].[HH].[HH].[HH].[HH].[HH].[HH].[HH].[HH].[HH].[HH].[HH].[HH].[HH].[HH].[HH].[HH].[HH].[HH].[HH].[HH].[HH].[HH].[HH].[HH].[HH].[HH].[HH].[HH].[HH].[HH].[HH].[HH]. The zero-order valence-electron chi connectivity index (χ0n) is 35.1. The maximum absolute atomic E-state index is 6.28. The lowest BCUT2D eigenvalue weighted by Gasteiger charge is -2.32. The summed E-state index contributed by atoms with van der Waals surface area (Å²) in [6.45, 7) is 2.05. The van der Waals surface area contributed by atoms with Crippen molar-refractivity contribution in [2.45, 2.75) is 12.3 Å². The Bertz CT molecular complexity index is 3810. The number of halogens is 2. The van der Waals surface area contributed by atoms with E-state index in [1.54, 1.807) is 6.07 Å². The average molecular weight is 976 g/mol. The van der Waals surface area contributed by atoms with E-state index in [4.69, 9.17) is 45.5 Å². The number of rotatable bonds is 5. The fourth-order valence-electron chi connectivity index (χ4n) is 4.40. The van der Waals surface area contributed by atoms with E-state index in [1.807, 2.05) is 60.7 Å². The maximum Gasteiger partial charge on any atom is 0.144 e. The van der Waals surface area contributed by atoms with Crippen molar-refractivity contribution in [3.63, 3.8) is 0 Å². The van der Waals surface area contributed by atoms with E-state index in [2.05, 4.69) is 256 Å². The Hall–Kier alpha value is -11.8. The molecule has 386 valence electrons. The van der Waals surface area contributed by atoms with Crippen molar-refractivity contribution in [2.75, 3.05) is 0 Å². The van der Waals surface area contributed by atoms with Gasteiger partial charge in [-0.2, -0.15) is 0 Å². The van der Waals surface area contributed by atoms with E-state index in [0.717, 1.165) is 16.7 Å². The van der Waals surface area contributed by atoms with Gasteiger partial charge in [0, 0.05) is 226 Å². The van der Waals surface area contributed by atoms with Gasteiger partial charge in [0.1, 0.15) is 23.7 Å². The van der Waals surface area contributed by atoms with E-state index in [1.165, 1.54) is 0 Å². The Morgan fingerprint density at radius 3 is 0.779 bits per heavy atom. The van der Waals surface area contributed by atoms with Gasteiger partial charge in [0.2, 0.25) is 0 Å². The maximum atomic E-state index is 6.28. The average Bonchev–Trinajstić information content (AvgIpc) is 3.35. The van der Waals surface area contributed by atoms with Gasteiger partial charge in [-0.25, -0.2) is 0 Å². The van der Waals surface area contributed by atoms with E-state index >= 15 is 0 Å². The molecule has 0 heterocycles. The van der Waals surface area contributed by atoms with Crippen LogP contribution >= 0.6 is 23.2 Å². The third-order valence-corrected chi connectivity index (χ3v) is 7.64. The molecule has 0 spiro atoms. The highest BCUT2D eigenvalue weighted by Gasteiger charge is 2.32. The highest BCUT2D eigenvalue weighted by atomic mass is 35.5. The molecule has 0 aliphatic heterocycles. The van der Waals surface area contributed by atoms with Crippen molar-refractivity contribution >= 4 is 23.2 Å². The first-order chi connectivity index (χ1) is 33.5.